The van der Waals surface area contributed by atoms with Crippen molar-refractivity contribution < 1.29 is 9.18 Å². The number of amides is 1. The molecule has 0 aliphatic carbocycles. The molecule has 0 saturated heterocycles. The van der Waals surface area contributed by atoms with Crippen LogP contribution in [0.2, 0.25) is 0 Å². The summed E-state index contributed by atoms with van der Waals surface area (Å²) in [5, 5.41) is 2.55. The summed E-state index contributed by atoms with van der Waals surface area (Å²) in [6, 6.07) is 8.87. The van der Waals surface area contributed by atoms with Gasteiger partial charge in [-0.3, -0.25) is 9.59 Å². The molecule has 2 rings (SSSR count). The first-order valence-corrected chi connectivity index (χ1v) is 5.37. The second kappa shape index (κ2) is 5.27. The van der Waals surface area contributed by atoms with Crippen LogP contribution in [-0.4, -0.2) is 10.9 Å². The van der Waals surface area contributed by atoms with Gasteiger partial charge >= 0.3 is 0 Å². The third-order valence-electron chi connectivity index (χ3n) is 2.43. The maximum Gasteiger partial charge on any atom is 0.251 e. The second-order valence-corrected chi connectivity index (χ2v) is 3.72. The molecule has 2 N–H and O–H groups in total. The molecular weight excluding hydrogens is 235 g/mol. The first-order chi connectivity index (χ1) is 8.66. The van der Waals surface area contributed by atoms with Crippen molar-refractivity contribution in [3.8, 4) is 0 Å². The fourth-order valence-electron chi connectivity index (χ4n) is 1.51. The van der Waals surface area contributed by atoms with Crippen LogP contribution < -0.4 is 10.9 Å². The van der Waals surface area contributed by atoms with Gasteiger partial charge in [-0.05, 0) is 12.1 Å². The summed E-state index contributed by atoms with van der Waals surface area (Å²) in [5.74, 6) is -0.784. The number of halogens is 1. The predicted molar refractivity (Wildman–Crippen MR) is 64.6 cm³/mol. The zero-order valence-corrected chi connectivity index (χ0v) is 9.44. The Morgan fingerprint density at radius 2 is 2.06 bits per heavy atom. The smallest absolute Gasteiger partial charge is 0.251 e. The molecule has 0 saturated carbocycles. The van der Waals surface area contributed by atoms with Crippen LogP contribution in [0.15, 0.2) is 47.4 Å². The van der Waals surface area contributed by atoms with Gasteiger partial charge in [0.05, 0.1) is 0 Å². The van der Waals surface area contributed by atoms with Crippen molar-refractivity contribution in [3.63, 3.8) is 0 Å². The number of carbonyl (C=O) groups is 1. The highest BCUT2D eigenvalue weighted by molar-refractivity contribution is 5.93. The Kier molecular flexibility index (Phi) is 3.52. The molecule has 5 heteroatoms. The van der Waals surface area contributed by atoms with Gasteiger partial charge in [0.2, 0.25) is 5.56 Å². The lowest BCUT2D eigenvalue weighted by molar-refractivity contribution is 0.0950. The molecule has 0 spiro atoms. The minimum atomic E-state index is -0.413. The Morgan fingerprint density at radius 3 is 2.78 bits per heavy atom. The molecule has 0 atom stereocenters. The molecule has 1 aromatic heterocycles. The molecule has 0 radical (unpaired) electrons. The summed E-state index contributed by atoms with van der Waals surface area (Å²) in [4.78, 5) is 25.1. The van der Waals surface area contributed by atoms with Crippen molar-refractivity contribution in [2.75, 3.05) is 0 Å². The molecule has 92 valence electrons. The van der Waals surface area contributed by atoms with E-state index in [-0.39, 0.29) is 23.5 Å². The summed E-state index contributed by atoms with van der Waals surface area (Å²) in [5.41, 5.74) is 0.291. The summed E-state index contributed by atoms with van der Waals surface area (Å²) in [6.45, 7) is 0.0817. The molecule has 0 unspecified atom stereocenters. The van der Waals surface area contributed by atoms with Gasteiger partial charge in [0.15, 0.2) is 0 Å². The Labute approximate surface area is 102 Å². The lowest BCUT2D eigenvalue weighted by atomic mass is 10.2. The van der Waals surface area contributed by atoms with Crippen molar-refractivity contribution >= 4 is 5.91 Å². The normalized spacial score (nSPS) is 10.1. The molecule has 0 fully saturated rings. The van der Waals surface area contributed by atoms with E-state index < -0.39 is 5.91 Å². The van der Waals surface area contributed by atoms with Crippen LogP contribution in [0.4, 0.5) is 4.39 Å². The number of pyridine rings is 1. The van der Waals surface area contributed by atoms with Crippen molar-refractivity contribution in [1.29, 1.82) is 0 Å². The number of nitrogens with one attached hydrogen (secondary N) is 2. The summed E-state index contributed by atoms with van der Waals surface area (Å²) in [6.07, 6.45) is 1.39. The van der Waals surface area contributed by atoms with E-state index in [1.165, 1.54) is 24.4 Å². The molecule has 1 heterocycles. The van der Waals surface area contributed by atoms with E-state index in [2.05, 4.69) is 10.3 Å². The van der Waals surface area contributed by atoms with E-state index in [4.69, 9.17) is 0 Å². The van der Waals surface area contributed by atoms with Gasteiger partial charge in [0.25, 0.3) is 5.91 Å². The summed E-state index contributed by atoms with van der Waals surface area (Å²) in [7, 11) is 0. The van der Waals surface area contributed by atoms with Gasteiger partial charge in [-0.2, -0.15) is 0 Å². The standard InChI is InChI=1S/C13H11FN2O2/c14-11-4-2-1-3-10(11)8-16-13(18)9-5-6-15-12(17)7-9/h1-7H,8H2,(H,15,17)(H,16,18). The first-order valence-electron chi connectivity index (χ1n) is 5.37. The lowest BCUT2D eigenvalue weighted by Crippen LogP contribution is -2.24. The number of aromatic nitrogens is 1. The minimum absolute atomic E-state index is 0.0817. The van der Waals surface area contributed by atoms with Crippen LogP contribution in [-0.2, 0) is 6.54 Å². The molecule has 1 aromatic carbocycles. The molecule has 4 nitrogen and oxygen atoms in total. The maximum atomic E-state index is 13.3. The highest BCUT2D eigenvalue weighted by Gasteiger charge is 2.07. The fraction of sp³-hybridized carbons (Fsp3) is 0.0769. The Balaban J connectivity index is 2.05. The highest BCUT2D eigenvalue weighted by Crippen LogP contribution is 2.05. The average molecular weight is 246 g/mol. The van der Waals surface area contributed by atoms with E-state index in [1.54, 1.807) is 18.2 Å². The number of hydrogen-bond donors (Lipinski definition) is 2. The molecule has 0 aliphatic heterocycles. The average Bonchev–Trinajstić information content (AvgIpc) is 2.37. The highest BCUT2D eigenvalue weighted by atomic mass is 19.1. The molecule has 18 heavy (non-hydrogen) atoms. The fourth-order valence-corrected chi connectivity index (χ4v) is 1.51. The minimum Gasteiger partial charge on any atom is -0.348 e. The maximum absolute atomic E-state index is 13.3. The molecular formula is C13H11FN2O2. The second-order valence-electron chi connectivity index (χ2n) is 3.72. The van der Waals surface area contributed by atoms with Crippen molar-refractivity contribution in [2.24, 2.45) is 0 Å². The summed E-state index contributed by atoms with van der Waals surface area (Å²) < 4.78 is 13.3. The van der Waals surface area contributed by atoms with Gasteiger partial charge in [-0.1, -0.05) is 18.2 Å². The zero-order chi connectivity index (χ0) is 13.0. The molecule has 1 amide bonds. The van der Waals surface area contributed by atoms with Crippen LogP contribution in [0.5, 0.6) is 0 Å². The largest absolute Gasteiger partial charge is 0.348 e. The van der Waals surface area contributed by atoms with Crippen LogP contribution >= 0.6 is 0 Å². The Hall–Kier alpha value is -2.43. The van der Waals surface area contributed by atoms with E-state index in [1.807, 2.05) is 0 Å². The lowest BCUT2D eigenvalue weighted by Gasteiger charge is -2.05. The van der Waals surface area contributed by atoms with Crippen LogP contribution in [0.1, 0.15) is 15.9 Å². The SMILES string of the molecule is O=C(NCc1ccccc1F)c1cc[nH]c(=O)c1. The number of H-pyrrole nitrogens is 1. The Bertz CT molecular complexity index is 622. The van der Waals surface area contributed by atoms with Crippen molar-refractivity contribution in [3.05, 3.63) is 69.9 Å². The molecule has 0 aliphatic rings. The predicted octanol–water partition coefficient (Wildman–Crippen LogP) is 1.44. The zero-order valence-electron chi connectivity index (χ0n) is 9.44. The third kappa shape index (κ3) is 2.82. The number of rotatable bonds is 3. The quantitative estimate of drug-likeness (QED) is 0.860. The number of hydrogen-bond acceptors (Lipinski definition) is 2. The summed E-state index contributed by atoms with van der Waals surface area (Å²) >= 11 is 0. The number of benzene rings is 1. The van der Waals surface area contributed by atoms with E-state index >= 15 is 0 Å². The van der Waals surface area contributed by atoms with E-state index in [9.17, 15) is 14.0 Å². The van der Waals surface area contributed by atoms with Gasteiger partial charge in [-0.25, -0.2) is 4.39 Å². The molecule has 2 aromatic rings. The Morgan fingerprint density at radius 1 is 1.28 bits per heavy atom. The van der Waals surface area contributed by atoms with Gasteiger partial charge < -0.3 is 10.3 Å². The van der Waals surface area contributed by atoms with Crippen LogP contribution in [0.25, 0.3) is 0 Å². The van der Waals surface area contributed by atoms with E-state index in [0.29, 0.717) is 5.56 Å². The monoisotopic (exact) mass is 246 g/mol. The topological polar surface area (TPSA) is 62.0 Å². The number of carbonyl (C=O) groups excluding carboxylic acids is 1. The van der Waals surface area contributed by atoms with Gasteiger partial charge in [0.1, 0.15) is 5.82 Å². The van der Waals surface area contributed by atoms with E-state index in [0.717, 1.165) is 0 Å². The van der Waals surface area contributed by atoms with Gasteiger partial charge in [0, 0.05) is 29.9 Å². The van der Waals surface area contributed by atoms with Crippen LogP contribution in [0.3, 0.4) is 0 Å². The van der Waals surface area contributed by atoms with Crippen LogP contribution in [0, 0.1) is 5.82 Å². The van der Waals surface area contributed by atoms with Crippen molar-refractivity contribution in [1.82, 2.24) is 10.3 Å². The van der Waals surface area contributed by atoms with Crippen molar-refractivity contribution in [2.45, 2.75) is 6.54 Å². The first kappa shape index (κ1) is 12.0. The molecule has 0 bridgehead atoms. The van der Waals surface area contributed by atoms with Gasteiger partial charge in [-0.15, -0.1) is 0 Å². The number of aromatic amines is 1. The third-order valence-corrected chi connectivity index (χ3v) is 2.43.